The first-order chi connectivity index (χ1) is 13.0. The molecule has 2 aromatic heterocycles. The summed E-state index contributed by atoms with van der Waals surface area (Å²) in [4.78, 5) is 21.3. The highest BCUT2D eigenvalue weighted by atomic mass is 19.1. The largest absolute Gasteiger partial charge is 0.377 e. The molecule has 3 aromatic rings. The number of nitrogens with zero attached hydrogens (tertiary/aromatic N) is 3. The number of aromatic nitrogens is 4. The number of halogens is 1. The summed E-state index contributed by atoms with van der Waals surface area (Å²) in [5, 5.41) is 5.99. The summed E-state index contributed by atoms with van der Waals surface area (Å²) in [5.74, 6) is 1.20. The number of allylic oxidation sites excluding steroid dienone is 4. The molecule has 0 aliphatic heterocycles. The molecule has 2 aliphatic carbocycles. The molecule has 2 atom stereocenters. The fourth-order valence-corrected chi connectivity index (χ4v) is 3.58. The quantitative estimate of drug-likeness (QED) is 0.747. The van der Waals surface area contributed by atoms with Gasteiger partial charge in [-0.15, -0.1) is 0 Å². The lowest BCUT2D eigenvalue weighted by Crippen LogP contribution is -2.17. The highest BCUT2D eigenvalue weighted by molar-refractivity contribution is 5.73. The lowest BCUT2D eigenvalue weighted by Gasteiger charge is -2.09. The average Bonchev–Trinajstić information content (AvgIpc) is 3.13. The van der Waals surface area contributed by atoms with Crippen molar-refractivity contribution in [1.82, 2.24) is 19.6 Å². The Balaban J connectivity index is 1.45. The van der Waals surface area contributed by atoms with Gasteiger partial charge in [-0.05, 0) is 29.9 Å². The Bertz CT molecular complexity index is 1170. The van der Waals surface area contributed by atoms with Crippen molar-refractivity contribution in [3.8, 4) is 0 Å². The van der Waals surface area contributed by atoms with Crippen LogP contribution in [0.3, 0.4) is 0 Å². The maximum atomic E-state index is 13.7. The molecule has 2 unspecified atom stereocenters. The van der Waals surface area contributed by atoms with E-state index >= 15 is 0 Å². The van der Waals surface area contributed by atoms with Crippen molar-refractivity contribution >= 4 is 17.0 Å². The van der Waals surface area contributed by atoms with E-state index in [1.165, 1.54) is 16.6 Å². The second-order valence-corrected chi connectivity index (χ2v) is 7.40. The van der Waals surface area contributed by atoms with Gasteiger partial charge in [0.05, 0.1) is 17.9 Å². The Hall–Kier alpha value is -3.22. The Morgan fingerprint density at radius 2 is 2.22 bits per heavy atom. The topological polar surface area (TPSA) is 75.1 Å². The van der Waals surface area contributed by atoms with Crippen molar-refractivity contribution in [2.24, 2.45) is 11.3 Å². The van der Waals surface area contributed by atoms with Gasteiger partial charge in [-0.3, -0.25) is 9.89 Å². The fraction of sp³-hybridized carbons (Fsp3) is 0.250. The first-order valence-corrected chi connectivity index (χ1v) is 8.90. The number of nitrogens with one attached hydrogen (secondary N) is 2. The Labute approximate surface area is 154 Å². The molecule has 7 heteroatoms. The van der Waals surface area contributed by atoms with Crippen molar-refractivity contribution < 1.29 is 4.39 Å². The first-order valence-electron chi connectivity index (χ1n) is 8.90. The molecule has 0 bridgehead atoms. The minimum Gasteiger partial charge on any atom is -0.377 e. The second-order valence-electron chi connectivity index (χ2n) is 7.40. The van der Waals surface area contributed by atoms with Gasteiger partial charge in [0.15, 0.2) is 5.82 Å². The van der Waals surface area contributed by atoms with Crippen molar-refractivity contribution in [3.05, 3.63) is 76.2 Å². The van der Waals surface area contributed by atoms with E-state index in [4.69, 9.17) is 0 Å². The van der Waals surface area contributed by atoms with Crippen LogP contribution in [0, 0.1) is 17.2 Å². The van der Waals surface area contributed by atoms with E-state index in [1.807, 2.05) is 6.08 Å². The van der Waals surface area contributed by atoms with Gasteiger partial charge in [0.2, 0.25) is 0 Å². The number of fused-ring (bicyclic) bond motifs is 2. The van der Waals surface area contributed by atoms with Crippen LogP contribution in [0.1, 0.15) is 24.9 Å². The molecule has 1 fully saturated rings. The lowest BCUT2D eigenvalue weighted by atomic mass is 9.97. The van der Waals surface area contributed by atoms with Crippen LogP contribution in [0.4, 0.5) is 10.1 Å². The Morgan fingerprint density at radius 3 is 3.04 bits per heavy atom. The third-order valence-electron chi connectivity index (χ3n) is 5.33. The summed E-state index contributed by atoms with van der Waals surface area (Å²) in [6, 6.07) is 7.81. The fourth-order valence-electron chi connectivity index (χ4n) is 3.58. The lowest BCUT2D eigenvalue weighted by molar-refractivity contribution is 0.630. The second kappa shape index (κ2) is 5.64. The van der Waals surface area contributed by atoms with Crippen LogP contribution in [0.2, 0.25) is 0 Å². The zero-order valence-electron chi connectivity index (χ0n) is 14.7. The smallest absolute Gasteiger partial charge is 0.274 e. The molecular formula is C20H18FN5O. The summed E-state index contributed by atoms with van der Waals surface area (Å²) >= 11 is 0. The van der Waals surface area contributed by atoms with Crippen LogP contribution in [-0.2, 0) is 6.54 Å². The Morgan fingerprint density at radius 1 is 1.37 bits per heavy atom. The number of aromatic amines is 1. The number of rotatable bonds is 4. The molecular weight excluding hydrogens is 345 g/mol. The SMILES string of the molecule is CC12C=C(c3nc4nc(CNc5ccccc5F)cc(=O)n4[nH]3)C=CC1C2. The van der Waals surface area contributed by atoms with E-state index < -0.39 is 0 Å². The van der Waals surface area contributed by atoms with E-state index in [2.05, 4.69) is 39.5 Å². The molecule has 0 amide bonds. The average molecular weight is 363 g/mol. The molecule has 0 radical (unpaired) electrons. The van der Waals surface area contributed by atoms with Gasteiger partial charge in [-0.25, -0.2) is 9.37 Å². The van der Waals surface area contributed by atoms with Crippen molar-refractivity contribution in [1.29, 1.82) is 0 Å². The highest BCUT2D eigenvalue weighted by Crippen LogP contribution is 2.57. The van der Waals surface area contributed by atoms with Crippen molar-refractivity contribution in [3.63, 3.8) is 0 Å². The van der Waals surface area contributed by atoms with E-state index in [9.17, 15) is 9.18 Å². The normalized spacial score (nSPS) is 23.2. The minimum atomic E-state index is -0.347. The first kappa shape index (κ1) is 16.0. The molecule has 0 saturated heterocycles. The summed E-state index contributed by atoms with van der Waals surface area (Å²) in [6.45, 7) is 2.46. The molecule has 6 nitrogen and oxygen atoms in total. The standard InChI is InChI=1S/C20H18FN5O/c1-20-9-12(6-7-13(20)10-20)18-24-19-23-14(8-17(27)26(19)25-18)11-22-16-5-3-2-4-15(16)21/h2-9,13,22H,10-11H2,1H3,(H,23,24,25). The molecule has 136 valence electrons. The van der Waals surface area contributed by atoms with Gasteiger partial charge in [0.1, 0.15) is 5.82 Å². The number of benzene rings is 1. The summed E-state index contributed by atoms with van der Waals surface area (Å²) in [5.41, 5.74) is 1.80. The van der Waals surface area contributed by atoms with Crippen molar-refractivity contribution in [2.45, 2.75) is 19.9 Å². The van der Waals surface area contributed by atoms with E-state index in [1.54, 1.807) is 18.2 Å². The van der Waals surface area contributed by atoms with Crippen LogP contribution >= 0.6 is 0 Å². The molecule has 1 aromatic carbocycles. The highest BCUT2D eigenvalue weighted by Gasteiger charge is 2.48. The van der Waals surface area contributed by atoms with Gasteiger partial charge in [-0.2, -0.15) is 9.50 Å². The van der Waals surface area contributed by atoms with Crippen LogP contribution in [0.5, 0.6) is 0 Å². The number of H-pyrrole nitrogens is 1. The molecule has 2 N–H and O–H groups in total. The molecule has 1 saturated carbocycles. The van der Waals surface area contributed by atoms with E-state index in [0.29, 0.717) is 28.9 Å². The predicted molar refractivity (Wildman–Crippen MR) is 101 cm³/mol. The zero-order valence-corrected chi connectivity index (χ0v) is 14.7. The zero-order chi connectivity index (χ0) is 18.6. The van der Waals surface area contributed by atoms with Crippen molar-refractivity contribution in [2.75, 3.05) is 5.32 Å². The molecule has 2 aliphatic rings. The monoisotopic (exact) mass is 363 g/mol. The number of hydrogen-bond donors (Lipinski definition) is 2. The maximum Gasteiger partial charge on any atom is 0.274 e. The predicted octanol–water partition coefficient (Wildman–Crippen LogP) is 3.15. The summed E-state index contributed by atoms with van der Waals surface area (Å²) in [6.07, 6.45) is 7.60. The minimum absolute atomic E-state index is 0.205. The van der Waals surface area contributed by atoms with E-state index in [-0.39, 0.29) is 23.3 Å². The van der Waals surface area contributed by atoms with Gasteiger partial charge < -0.3 is 5.32 Å². The number of anilines is 1. The van der Waals surface area contributed by atoms with Crippen LogP contribution in [-0.4, -0.2) is 19.6 Å². The molecule has 27 heavy (non-hydrogen) atoms. The van der Waals surface area contributed by atoms with Gasteiger partial charge in [-0.1, -0.05) is 37.3 Å². The van der Waals surface area contributed by atoms with E-state index in [0.717, 1.165) is 12.0 Å². The molecule has 5 rings (SSSR count). The molecule has 2 heterocycles. The number of hydrogen-bond acceptors (Lipinski definition) is 4. The van der Waals surface area contributed by atoms with Gasteiger partial charge in [0.25, 0.3) is 11.3 Å². The third kappa shape index (κ3) is 2.75. The van der Waals surface area contributed by atoms with Gasteiger partial charge >= 0.3 is 0 Å². The van der Waals surface area contributed by atoms with Gasteiger partial charge in [0, 0.05) is 11.6 Å². The van der Waals surface area contributed by atoms with Crippen LogP contribution in [0.25, 0.3) is 11.4 Å². The maximum absolute atomic E-state index is 13.7. The summed E-state index contributed by atoms with van der Waals surface area (Å²) in [7, 11) is 0. The summed E-state index contributed by atoms with van der Waals surface area (Å²) < 4.78 is 15.1. The van der Waals surface area contributed by atoms with Crippen LogP contribution < -0.4 is 10.9 Å². The third-order valence-corrected chi connectivity index (χ3v) is 5.33. The number of para-hydroxylation sites is 1. The molecule has 0 spiro atoms. The Kier molecular flexibility index (Phi) is 3.34. The van der Waals surface area contributed by atoms with Crippen LogP contribution in [0.15, 0.2) is 53.4 Å².